The predicted octanol–water partition coefficient (Wildman–Crippen LogP) is 4.35. The Morgan fingerprint density at radius 3 is 2.64 bits per heavy atom. The quantitative estimate of drug-likeness (QED) is 0.686. The van der Waals surface area contributed by atoms with Gasteiger partial charge in [0, 0.05) is 37.6 Å². The zero-order chi connectivity index (χ0) is 23.8. The van der Waals surface area contributed by atoms with Crippen LogP contribution in [0.5, 0.6) is 0 Å². The number of methoxy groups -OCH3 is 1. The van der Waals surface area contributed by atoms with E-state index >= 15 is 0 Å². The lowest BCUT2D eigenvalue weighted by Crippen LogP contribution is -2.66. The van der Waals surface area contributed by atoms with Crippen molar-refractivity contribution in [2.24, 2.45) is 5.92 Å². The third-order valence-electron chi connectivity index (χ3n) is 7.00. The zero-order valence-electron chi connectivity index (χ0n) is 19.7. The molecule has 1 aromatic carbocycles. The van der Waals surface area contributed by atoms with Crippen LogP contribution in [-0.2, 0) is 16.0 Å². The lowest BCUT2D eigenvalue weighted by molar-refractivity contribution is 0.0601. The number of fused-ring (bicyclic) bond motifs is 1. The fourth-order valence-electron chi connectivity index (χ4n) is 5.13. The number of carbonyl (C=O) groups is 2. The number of hydrogen-bond donors (Lipinski definition) is 1. The van der Waals surface area contributed by atoms with Gasteiger partial charge in [-0.2, -0.15) is 14.4 Å². The Hall–Kier alpha value is -2.91. The number of carboxylic acid groups (broad SMARTS) is 1. The molecular formula is C24H33N4O5+. The maximum atomic E-state index is 12.7. The minimum Gasteiger partial charge on any atom is -0.452 e. The van der Waals surface area contributed by atoms with Gasteiger partial charge in [0.25, 0.3) is 0 Å². The Kier molecular flexibility index (Phi) is 6.45. The highest BCUT2D eigenvalue weighted by Gasteiger charge is 2.52. The number of benzene rings is 1. The van der Waals surface area contributed by atoms with Crippen LogP contribution in [0, 0.1) is 5.92 Å². The summed E-state index contributed by atoms with van der Waals surface area (Å²) in [4.78, 5) is 26.8. The summed E-state index contributed by atoms with van der Waals surface area (Å²) >= 11 is 0. The van der Waals surface area contributed by atoms with E-state index in [1.165, 1.54) is 7.11 Å². The molecule has 0 spiro atoms. The van der Waals surface area contributed by atoms with Crippen molar-refractivity contribution < 1.29 is 24.2 Å². The number of quaternary nitrogens is 1. The van der Waals surface area contributed by atoms with Crippen molar-refractivity contribution in [3.05, 3.63) is 30.6 Å². The number of anilines is 1. The Bertz CT molecular complexity index is 1030. The molecule has 0 saturated carbocycles. The second-order valence-electron chi connectivity index (χ2n) is 9.33. The molecule has 2 aromatic rings. The van der Waals surface area contributed by atoms with Gasteiger partial charge in [-0.25, -0.2) is 4.79 Å². The first kappa shape index (κ1) is 23.3. The standard InChI is InChI=1S/C24H32N4O5/c1-16(2)28(24(30)31)15-17(3)27(23(29)32-4)21-6-5-19(11-22(21)28)20-12-25-26(14-20)13-18-7-9-33-10-8-18/h5-6,11-12,14,16-18H,7-10,13,15H2,1-4H3/p+1/t17-,28?/m0/s1. The van der Waals surface area contributed by atoms with Gasteiger partial charge in [0.15, 0.2) is 5.69 Å². The van der Waals surface area contributed by atoms with Crippen molar-refractivity contribution in [3.63, 3.8) is 0 Å². The summed E-state index contributed by atoms with van der Waals surface area (Å²) in [7, 11) is 1.34. The van der Waals surface area contributed by atoms with Crippen LogP contribution in [0.15, 0.2) is 30.6 Å². The lowest BCUT2D eigenvalue weighted by Gasteiger charge is -2.46. The smallest absolute Gasteiger partial charge is 0.452 e. The van der Waals surface area contributed by atoms with Gasteiger partial charge in [-0.15, -0.1) is 0 Å². The number of nitrogens with zero attached hydrogens (tertiary/aromatic N) is 4. The molecule has 9 heteroatoms. The van der Waals surface area contributed by atoms with E-state index in [0.29, 0.717) is 17.3 Å². The topological polar surface area (TPSA) is 93.9 Å². The molecule has 178 valence electrons. The Labute approximate surface area is 194 Å². The summed E-state index contributed by atoms with van der Waals surface area (Å²) in [5, 5.41) is 14.9. The van der Waals surface area contributed by atoms with Gasteiger partial charge in [-0.1, -0.05) is 6.07 Å². The van der Waals surface area contributed by atoms with Crippen molar-refractivity contribution in [1.29, 1.82) is 0 Å². The number of aromatic nitrogens is 2. The van der Waals surface area contributed by atoms with Crippen molar-refractivity contribution in [1.82, 2.24) is 14.3 Å². The maximum absolute atomic E-state index is 12.7. The summed E-state index contributed by atoms with van der Waals surface area (Å²) in [6, 6.07) is 5.07. The van der Waals surface area contributed by atoms with Gasteiger partial charge >= 0.3 is 12.2 Å². The van der Waals surface area contributed by atoms with E-state index in [1.54, 1.807) is 4.90 Å². The second-order valence-corrected chi connectivity index (χ2v) is 9.33. The predicted molar refractivity (Wildman–Crippen MR) is 125 cm³/mol. The first-order valence-electron chi connectivity index (χ1n) is 11.5. The van der Waals surface area contributed by atoms with Crippen molar-refractivity contribution in [2.45, 2.75) is 52.2 Å². The summed E-state index contributed by atoms with van der Waals surface area (Å²) in [6.45, 7) is 8.33. The highest BCUT2D eigenvalue weighted by molar-refractivity contribution is 5.99. The van der Waals surface area contributed by atoms with E-state index in [4.69, 9.17) is 9.47 Å². The SMILES string of the molecule is COC(=O)N1c2ccc(-c3cnn(CC4CCOCC4)c3)cc2[N+](C(=O)O)(C(C)C)C[C@@H]1C. The third kappa shape index (κ3) is 4.11. The Balaban J connectivity index is 1.75. The first-order chi connectivity index (χ1) is 15.8. The maximum Gasteiger partial charge on any atom is 0.519 e. The molecule has 1 unspecified atom stereocenters. The van der Waals surface area contributed by atoms with Crippen LogP contribution >= 0.6 is 0 Å². The van der Waals surface area contributed by atoms with Gasteiger partial charge in [-0.05, 0) is 51.2 Å². The monoisotopic (exact) mass is 457 g/mol. The molecule has 0 radical (unpaired) electrons. The minimum atomic E-state index is -0.935. The molecule has 2 aliphatic heterocycles. The molecule has 1 saturated heterocycles. The molecule has 2 atom stereocenters. The highest BCUT2D eigenvalue weighted by Crippen LogP contribution is 2.44. The molecule has 2 aliphatic rings. The van der Waals surface area contributed by atoms with E-state index in [9.17, 15) is 14.7 Å². The molecule has 1 aromatic heterocycles. The van der Waals surface area contributed by atoms with Crippen LogP contribution in [0.2, 0.25) is 0 Å². The normalized spacial score (nSPS) is 23.4. The average Bonchev–Trinajstić information content (AvgIpc) is 3.26. The van der Waals surface area contributed by atoms with Crippen molar-refractivity contribution in [3.8, 4) is 11.1 Å². The lowest BCUT2D eigenvalue weighted by atomic mass is 9.98. The molecule has 0 bridgehead atoms. The van der Waals surface area contributed by atoms with E-state index in [1.807, 2.05) is 56.0 Å². The van der Waals surface area contributed by atoms with E-state index < -0.39 is 12.2 Å². The number of hydrogen-bond acceptors (Lipinski definition) is 5. The molecule has 1 fully saturated rings. The second kappa shape index (κ2) is 9.15. The molecule has 3 heterocycles. The Morgan fingerprint density at radius 2 is 2.00 bits per heavy atom. The van der Waals surface area contributed by atoms with Crippen LogP contribution in [0.1, 0.15) is 33.6 Å². The van der Waals surface area contributed by atoms with Crippen LogP contribution in [0.4, 0.5) is 21.0 Å². The fourth-order valence-corrected chi connectivity index (χ4v) is 5.13. The van der Waals surface area contributed by atoms with Gasteiger partial charge in [0.05, 0.1) is 25.4 Å². The van der Waals surface area contributed by atoms with Crippen LogP contribution in [0.25, 0.3) is 11.1 Å². The number of carbonyl (C=O) groups excluding carboxylic acids is 1. The van der Waals surface area contributed by atoms with E-state index in [2.05, 4.69) is 5.10 Å². The molecular weight excluding hydrogens is 424 g/mol. The van der Waals surface area contributed by atoms with Crippen LogP contribution in [-0.4, -0.2) is 66.0 Å². The summed E-state index contributed by atoms with van der Waals surface area (Å²) in [5.74, 6) is 0.544. The molecule has 4 rings (SSSR count). The third-order valence-corrected chi connectivity index (χ3v) is 7.00. The fraction of sp³-hybridized carbons (Fsp3) is 0.542. The van der Waals surface area contributed by atoms with Gasteiger partial charge in [-0.3, -0.25) is 9.58 Å². The molecule has 1 N–H and O–H groups in total. The van der Waals surface area contributed by atoms with Gasteiger partial charge < -0.3 is 14.6 Å². The molecule has 2 amide bonds. The highest BCUT2D eigenvalue weighted by atomic mass is 16.5. The first-order valence-corrected chi connectivity index (χ1v) is 11.5. The summed E-state index contributed by atoms with van der Waals surface area (Å²) in [5.41, 5.74) is 2.93. The zero-order valence-corrected chi connectivity index (χ0v) is 19.7. The summed E-state index contributed by atoms with van der Waals surface area (Å²) in [6.07, 6.45) is 4.45. The van der Waals surface area contributed by atoms with Crippen molar-refractivity contribution in [2.75, 3.05) is 31.8 Å². The van der Waals surface area contributed by atoms with E-state index in [0.717, 1.165) is 43.7 Å². The minimum absolute atomic E-state index is 0.227. The summed E-state index contributed by atoms with van der Waals surface area (Å²) < 4.78 is 12.2. The molecule has 33 heavy (non-hydrogen) atoms. The van der Waals surface area contributed by atoms with Gasteiger partial charge in [0.2, 0.25) is 0 Å². The van der Waals surface area contributed by atoms with Gasteiger partial charge in [0.1, 0.15) is 12.2 Å². The average molecular weight is 458 g/mol. The molecule has 9 nitrogen and oxygen atoms in total. The largest absolute Gasteiger partial charge is 0.519 e. The van der Waals surface area contributed by atoms with Crippen LogP contribution < -0.4 is 9.38 Å². The number of ether oxygens (including phenoxy) is 2. The number of rotatable bonds is 4. The number of amides is 2. The van der Waals surface area contributed by atoms with Crippen molar-refractivity contribution >= 4 is 23.6 Å². The van der Waals surface area contributed by atoms with Crippen LogP contribution in [0.3, 0.4) is 0 Å². The molecule has 0 aliphatic carbocycles. The Morgan fingerprint density at radius 1 is 1.27 bits per heavy atom. The van der Waals surface area contributed by atoms with E-state index in [-0.39, 0.29) is 23.1 Å².